The molecule has 2 rings (SSSR count). The third-order valence-electron chi connectivity index (χ3n) is 2.90. The standard InChI is InChI=1S/C11H18O7/c1-5(13)15-8-7(6(14)4-12)16-10-9(8)17-11(2,3)18-10/h6-10,12,14H,4H2,1-3H3/t6-,7-,8+,9-,10-/m0/s1. The minimum atomic E-state index is -1.16. The predicted octanol–water partition coefficient (Wildman–Crippen LogP) is -0.852. The number of rotatable bonds is 3. The molecule has 0 aromatic heterocycles. The zero-order valence-electron chi connectivity index (χ0n) is 10.5. The van der Waals surface area contributed by atoms with Crippen molar-refractivity contribution in [1.29, 1.82) is 0 Å². The fraction of sp³-hybridized carbons (Fsp3) is 0.909. The van der Waals surface area contributed by atoms with Crippen molar-refractivity contribution in [1.82, 2.24) is 0 Å². The molecule has 104 valence electrons. The number of carbonyl (C=O) groups is 1. The van der Waals surface area contributed by atoms with Crippen LogP contribution in [0.25, 0.3) is 0 Å². The first-order chi connectivity index (χ1) is 8.34. The topological polar surface area (TPSA) is 94.5 Å². The smallest absolute Gasteiger partial charge is 0.303 e. The molecule has 2 aliphatic heterocycles. The van der Waals surface area contributed by atoms with E-state index in [9.17, 15) is 9.90 Å². The highest BCUT2D eigenvalue weighted by atomic mass is 16.8. The lowest BCUT2D eigenvalue weighted by Gasteiger charge is -2.27. The van der Waals surface area contributed by atoms with E-state index in [0.29, 0.717) is 0 Å². The van der Waals surface area contributed by atoms with Gasteiger partial charge in [0.15, 0.2) is 24.3 Å². The average molecular weight is 262 g/mol. The molecule has 0 saturated carbocycles. The number of aliphatic hydroxyl groups excluding tert-OH is 2. The quantitative estimate of drug-likeness (QED) is 0.639. The molecule has 0 amide bonds. The Bertz CT molecular complexity index is 329. The molecule has 2 heterocycles. The fourth-order valence-electron chi connectivity index (χ4n) is 2.24. The van der Waals surface area contributed by atoms with E-state index < -0.39 is 49.1 Å². The number of hydrogen-bond donors (Lipinski definition) is 2. The Kier molecular flexibility index (Phi) is 3.61. The second-order valence-electron chi connectivity index (χ2n) is 4.89. The molecule has 0 bridgehead atoms. The average Bonchev–Trinajstić information content (AvgIpc) is 2.71. The summed E-state index contributed by atoms with van der Waals surface area (Å²) >= 11 is 0. The van der Waals surface area contributed by atoms with Gasteiger partial charge in [0, 0.05) is 6.92 Å². The Morgan fingerprint density at radius 1 is 1.44 bits per heavy atom. The van der Waals surface area contributed by atoms with Crippen molar-refractivity contribution in [3.8, 4) is 0 Å². The van der Waals surface area contributed by atoms with Crippen LogP contribution in [0.1, 0.15) is 20.8 Å². The lowest BCUT2D eigenvalue weighted by molar-refractivity contribution is -0.230. The summed E-state index contributed by atoms with van der Waals surface area (Å²) in [6.45, 7) is 4.20. The van der Waals surface area contributed by atoms with E-state index in [1.807, 2.05) is 0 Å². The van der Waals surface area contributed by atoms with Crippen LogP contribution >= 0.6 is 0 Å². The molecular formula is C11H18O7. The first-order valence-electron chi connectivity index (χ1n) is 5.81. The fourth-order valence-corrected chi connectivity index (χ4v) is 2.24. The van der Waals surface area contributed by atoms with Crippen LogP contribution in [0.2, 0.25) is 0 Å². The molecule has 2 fully saturated rings. The molecule has 7 heteroatoms. The molecule has 0 aromatic carbocycles. The van der Waals surface area contributed by atoms with Gasteiger partial charge < -0.3 is 29.2 Å². The Labute approximate surface area is 105 Å². The molecule has 2 N–H and O–H groups in total. The van der Waals surface area contributed by atoms with Gasteiger partial charge in [-0.05, 0) is 13.8 Å². The van der Waals surface area contributed by atoms with Crippen LogP contribution in [0.3, 0.4) is 0 Å². The van der Waals surface area contributed by atoms with Crippen molar-refractivity contribution in [2.45, 2.75) is 57.3 Å². The predicted molar refractivity (Wildman–Crippen MR) is 57.3 cm³/mol. The van der Waals surface area contributed by atoms with Crippen LogP contribution in [0.5, 0.6) is 0 Å². The summed E-state index contributed by atoms with van der Waals surface area (Å²) in [6, 6.07) is 0. The Morgan fingerprint density at radius 2 is 2.11 bits per heavy atom. The highest BCUT2D eigenvalue weighted by Gasteiger charge is 2.57. The van der Waals surface area contributed by atoms with Crippen LogP contribution in [-0.2, 0) is 23.7 Å². The maximum atomic E-state index is 11.1. The third-order valence-corrected chi connectivity index (χ3v) is 2.90. The number of esters is 1. The van der Waals surface area contributed by atoms with Gasteiger partial charge >= 0.3 is 5.97 Å². The molecule has 0 aromatic rings. The monoisotopic (exact) mass is 262 g/mol. The lowest BCUT2D eigenvalue weighted by Crippen LogP contribution is -2.44. The van der Waals surface area contributed by atoms with Crippen LogP contribution < -0.4 is 0 Å². The Hall–Kier alpha value is -0.730. The lowest BCUT2D eigenvalue weighted by atomic mass is 10.1. The number of ether oxygens (including phenoxy) is 4. The van der Waals surface area contributed by atoms with Gasteiger partial charge in [-0.3, -0.25) is 4.79 Å². The van der Waals surface area contributed by atoms with Crippen LogP contribution in [0.4, 0.5) is 0 Å². The van der Waals surface area contributed by atoms with Crippen molar-refractivity contribution in [2.24, 2.45) is 0 Å². The van der Waals surface area contributed by atoms with Crippen LogP contribution in [0, 0.1) is 0 Å². The van der Waals surface area contributed by atoms with Crippen molar-refractivity contribution >= 4 is 5.97 Å². The van der Waals surface area contributed by atoms with Gasteiger partial charge in [0.05, 0.1) is 6.61 Å². The molecule has 7 nitrogen and oxygen atoms in total. The van der Waals surface area contributed by atoms with E-state index in [1.54, 1.807) is 13.8 Å². The maximum absolute atomic E-state index is 11.1. The van der Waals surface area contributed by atoms with Crippen molar-refractivity contribution in [3.05, 3.63) is 0 Å². The summed E-state index contributed by atoms with van der Waals surface area (Å²) in [5.74, 6) is -1.34. The summed E-state index contributed by atoms with van der Waals surface area (Å²) in [5.41, 5.74) is 0. The molecule has 5 atom stereocenters. The Balaban J connectivity index is 2.14. The van der Waals surface area contributed by atoms with Gasteiger partial charge in [-0.1, -0.05) is 0 Å². The molecule has 0 radical (unpaired) electrons. The molecular weight excluding hydrogens is 244 g/mol. The highest BCUT2D eigenvalue weighted by molar-refractivity contribution is 5.66. The largest absolute Gasteiger partial charge is 0.457 e. The molecule has 2 saturated heterocycles. The van der Waals surface area contributed by atoms with Gasteiger partial charge in [0.25, 0.3) is 0 Å². The van der Waals surface area contributed by atoms with Crippen molar-refractivity contribution in [3.63, 3.8) is 0 Å². The van der Waals surface area contributed by atoms with Crippen molar-refractivity contribution in [2.75, 3.05) is 6.61 Å². The second kappa shape index (κ2) is 4.75. The van der Waals surface area contributed by atoms with Gasteiger partial charge in [-0.2, -0.15) is 0 Å². The zero-order chi connectivity index (χ0) is 13.5. The number of aliphatic hydroxyl groups is 2. The molecule has 0 unspecified atom stereocenters. The van der Waals surface area contributed by atoms with Crippen molar-refractivity contribution < 1.29 is 34.0 Å². The van der Waals surface area contributed by atoms with E-state index in [0.717, 1.165) is 0 Å². The molecule has 2 aliphatic rings. The van der Waals surface area contributed by atoms with Gasteiger partial charge in [-0.15, -0.1) is 0 Å². The summed E-state index contributed by atoms with van der Waals surface area (Å²) in [5, 5.41) is 18.6. The SMILES string of the molecule is CC(=O)O[C@H]1[C@@H]2OC(C)(C)O[C@@H]2O[C@H]1[C@@H](O)CO. The summed E-state index contributed by atoms with van der Waals surface area (Å²) in [7, 11) is 0. The van der Waals surface area contributed by atoms with Crippen LogP contribution in [-0.4, -0.2) is 59.3 Å². The van der Waals surface area contributed by atoms with E-state index >= 15 is 0 Å². The van der Waals surface area contributed by atoms with Gasteiger partial charge in [0.1, 0.15) is 12.2 Å². The first kappa shape index (κ1) is 13.7. The number of fused-ring (bicyclic) bond motifs is 1. The molecule has 0 aliphatic carbocycles. The Morgan fingerprint density at radius 3 is 2.67 bits per heavy atom. The van der Waals surface area contributed by atoms with Gasteiger partial charge in [-0.25, -0.2) is 0 Å². The summed E-state index contributed by atoms with van der Waals surface area (Å²) in [6.07, 6.45) is -4.12. The van der Waals surface area contributed by atoms with E-state index in [-0.39, 0.29) is 0 Å². The zero-order valence-corrected chi connectivity index (χ0v) is 10.5. The van der Waals surface area contributed by atoms with Crippen LogP contribution in [0.15, 0.2) is 0 Å². The van der Waals surface area contributed by atoms with E-state index in [1.165, 1.54) is 6.92 Å². The first-order valence-corrected chi connectivity index (χ1v) is 5.81. The van der Waals surface area contributed by atoms with E-state index in [4.69, 9.17) is 24.1 Å². The second-order valence-corrected chi connectivity index (χ2v) is 4.89. The normalized spacial score (nSPS) is 39.4. The van der Waals surface area contributed by atoms with Gasteiger partial charge in [0.2, 0.25) is 0 Å². The summed E-state index contributed by atoms with van der Waals surface area (Å²) < 4.78 is 21.6. The minimum absolute atomic E-state index is 0.495. The number of carbonyl (C=O) groups excluding carboxylic acids is 1. The molecule has 18 heavy (non-hydrogen) atoms. The highest BCUT2D eigenvalue weighted by Crippen LogP contribution is 2.39. The summed E-state index contributed by atoms with van der Waals surface area (Å²) in [4.78, 5) is 11.1. The minimum Gasteiger partial charge on any atom is -0.457 e. The third kappa shape index (κ3) is 2.50. The molecule has 0 spiro atoms. The van der Waals surface area contributed by atoms with E-state index in [2.05, 4.69) is 0 Å². The maximum Gasteiger partial charge on any atom is 0.303 e. The number of hydrogen-bond acceptors (Lipinski definition) is 7.